The van der Waals surface area contributed by atoms with Crippen LogP contribution in [0.4, 0.5) is 13.2 Å². The topological polar surface area (TPSA) is 80.2 Å². The van der Waals surface area contributed by atoms with Gasteiger partial charge in [-0.1, -0.05) is 30.3 Å². The summed E-state index contributed by atoms with van der Waals surface area (Å²) in [5.41, 5.74) is 0.746. The van der Waals surface area contributed by atoms with Gasteiger partial charge >= 0.3 is 6.18 Å². The molecule has 0 aliphatic carbocycles. The summed E-state index contributed by atoms with van der Waals surface area (Å²) in [6.45, 7) is 0.291. The van der Waals surface area contributed by atoms with Crippen LogP contribution in [0.2, 0.25) is 0 Å². The number of aromatic nitrogens is 2. The van der Waals surface area contributed by atoms with Crippen LogP contribution in [-0.2, 0) is 27.4 Å². The third-order valence-corrected chi connectivity index (χ3v) is 7.71. The van der Waals surface area contributed by atoms with Crippen molar-refractivity contribution >= 4 is 15.8 Å². The van der Waals surface area contributed by atoms with Crippen LogP contribution in [0.3, 0.4) is 0 Å². The summed E-state index contributed by atoms with van der Waals surface area (Å²) in [6, 6.07) is 13.6. The van der Waals surface area contributed by atoms with Gasteiger partial charge in [0.25, 0.3) is 0 Å². The Hall–Kier alpha value is -3.11. The maximum Gasteiger partial charge on any atom is 0.416 e. The van der Waals surface area contributed by atoms with Gasteiger partial charge in [-0.2, -0.15) is 17.5 Å². The van der Waals surface area contributed by atoms with Crippen LogP contribution in [0.15, 0.2) is 71.9 Å². The molecule has 0 unspecified atom stereocenters. The Morgan fingerprint density at radius 3 is 2.41 bits per heavy atom. The molecule has 1 atom stereocenters. The molecule has 10 heteroatoms. The van der Waals surface area contributed by atoms with Gasteiger partial charge in [-0.3, -0.25) is 4.79 Å². The molecule has 0 amide bonds. The van der Waals surface area contributed by atoms with Crippen LogP contribution in [0, 0.1) is 0 Å². The fraction of sp³-hybridized carbons (Fsp3) is 0.292. The highest BCUT2D eigenvalue weighted by molar-refractivity contribution is 7.89. The summed E-state index contributed by atoms with van der Waals surface area (Å²) in [7, 11) is -3.77. The molecule has 1 fully saturated rings. The van der Waals surface area contributed by atoms with E-state index in [1.54, 1.807) is 24.3 Å². The number of halogens is 3. The van der Waals surface area contributed by atoms with E-state index in [0.717, 1.165) is 12.1 Å². The lowest BCUT2D eigenvalue weighted by Crippen LogP contribution is -2.40. The van der Waals surface area contributed by atoms with E-state index >= 15 is 0 Å². The predicted molar refractivity (Wildman–Crippen MR) is 119 cm³/mol. The Bertz CT molecular complexity index is 1260. The number of sulfonamides is 1. The average Bonchev–Trinajstić information content (AvgIpc) is 3.34. The van der Waals surface area contributed by atoms with Gasteiger partial charge in [0.05, 0.1) is 22.2 Å². The van der Waals surface area contributed by atoms with Gasteiger partial charge in [-0.25, -0.2) is 18.4 Å². The third kappa shape index (κ3) is 5.18. The molecule has 0 saturated carbocycles. The SMILES string of the molecule is O=C(CCc1cc(-c2ccc(C(F)(F)F)cc2)ncn1)[C@@H]1CCCN1S(=O)(=O)c1ccccc1. The standard InChI is InChI=1S/C24H22F3N3O3S/c25-24(26,27)18-10-8-17(9-11-18)21-15-19(28-16-29-21)12-13-23(31)22-7-4-14-30(22)34(32,33)20-5-2-1-3-6-20/h1-3,5-6,8-11,15-16,22H,4,7,12-14H2/t22-/m0/s1. The monoisotopic (exact) mass is 489 g/mol. The molecule has 3 aromatic rings. The average molecular weight is 490 g/mol. The summed E-state index contributed by atoms with van der Waals surface area (Å²) < 4.78 is 65.6. The van der Waals surface area contributed by atoms with Crippen LogP contribution < -0.4 is 0 Å². The fourth-order valence-electron chi connectivity index (χ4n) is 4.02. The molecule has 1 aliphatic rings. The van der Waals surface area contributed by atoms with Crippen molar-refractivity contribution in [2.75, 3.05) is 6.54 Å². The van der Waals surface area contributed by atoms with Crippen LogP contribution in [0.5, 0.6) is 0 Å². The smallest absolute Gasteiger partial charge is 0.298 e. The lowest BCUT2D eigenvalue weighted by Gasteiger charge is -2.23. The minimum atomic E-state index is -4.42. The van der Waals surface area contributed by atoms with E-state index in [2.05, 4.69) is 9.97 Å². The first-order valence-electron chi connectivity index (χ1n) is 10.7. The number of carbonyl (C=O) groups is 1. The maximum absolute atomic E-state index is 13.0. The predicted octanol–water partition coefficient (Wildman–Crippen LogP) is 4.52. The van der Waals surface area contributed by atoms with E-state index in [4.69, 9.17) is 0 Å². The molecule has 0 bridgehead atoms. The van der Waals surface area contributed by atoms with Gasteiger partial charge in [-0.05, 0) is 49.6 Å². The van der Waals surface area contributed by atoms with E-state index in [0.29, 0.717) is 36.3 Å². The van der Waals surface area contributed by atoms with Crippen LogP contribution in [0.1, 0.15) is 30.5 Å². The van der Waals surface area contributed by atoms with Crippen LogP contribution in [0.25, 0.3) is 11.3 Å². The number of hydrogen-bond donors (Lipinski definition) is 0. The Morgan fingerprint density at radius 1 is 1.03 bits per heavy atom. The van der Waals surface area contributed by atoms with Crippen molar-refractivity contribution in [3.8, 4) is 11.3 Å². The van der Waals surface area contributed by atoms with Crippen LogP contribution >= 0.6 is 0 Å². The van der Waals surface area contributed by atoms with Gasteiger partial charge in [0, 0.05) is 24.2 Å². The van der Waals surface area contributed by atoms with E-state index in [1.807, 2.05) is 0 Å². The van der Waals surface area contributed by atoms with Crippen molar-refractivity contribution in [3.63, 3.8) is 0 Å². The van der Waals surface area contributed by atoms with Gasteiger partial charge in [0.1, 0.15) is 6.33 Å². The number of carbonyl (C=O) groups excluding carboxylic acids is 1. The molecule has 1 saturated heterocycles. The molecular formula is C24H22F3N3O3S. The third-order valence-electron chi connectivity index (χ3n) is 5.78. The first-order chi connectivity index (χ1) is 16.2. The van der Waals surface area contributed by atoms with E-state index < -0.39 is 27.8 Å². The minimum Gasteiger partial charge on any atom is -0.298 e. The number of alkyl halides is 3. The second-order valence-electron chi connectivity index (χ2n) is 8.02. The zero-order valence-corrected chi connectivity index (χ0v) is 18.9. The van der Waals surface area contributed by atoms with Gasteiger partial charge in [0.15, 0.2) is 5.78 Å². The Balaban J connectivity index is 1.44. The first kappa shape index (κ1) is 24.0. The zero-order chi connectivity index (χ0) is 24.3. The maximum atomic E-state index is 13.0. The zero-order valence-electron chi connectivity index (χ0n) is 18.1. The number of hydrogen-bond acceptors (Lipinski definition) is 5. The number of rotatable bonds is 7. The van der Waals surface area contributed by atoms with Crippen molar-refractivity contribution in [1.29, 1.82) is 0 Å². The number of aryl methyl sites for hydroxylation is 1. The summed E-state index contributed by atoms with van der Waals surface area (Å²) in [5, 5.41) is 0. The second-order valence-corrected chi connectivity index (χ2v) is 9.91. The highest BCUT2D eigenvalue weighted by atomic mass is 32.2. The molecule has 34 heavy (non-hydrogen) atoms. The summed E-state index contributed by atoms with van der Waals surface area (Å²) in [4.78, 5) is 21.4. The molecule has 1 aromatic heterocycles. The summed E-state index contributed by atoms with van der Waals surface area (Å²) in [5.74, 6) is -0.188. The molecular weight excluding hydrogens is 467 g/mol. The highest BCUT2D eigenvalue weighted by Crippen LogP contribution is 2.31. The van der Waals surface area contributed by atoms with Crippen molar-refractivity contribution in [2.45, 2.75) is 42.8 Å². The van der Waals surface area contributed by atoms with Crippen molar-refractivity contribution in [3.05, 3.63) is 78.2 Å². The number of benzene rings is 2. The number of Topliss-reactive ketones (excluding diaryl/α,β-unsaturated/α-hetero) is 1. The van der Waals surface area contributed by atoms with E-state index in [1.165, 1.54) is 34.9 Å². The summed E-state index contributed by atoms with van der Waals surface area (Å²) >= 11 is 0. The lowest BCUT2D eigenvalue weighted by atomic mass is 10.0. The number of nitrogens with zero attached hydrogens (tertiary/aromatic N) is 3. The Labute approximate surface area is 195 Å². The summed E-state index contributed by atoms with van der Waals surface area (Å²) in [6.07, 6.45) is -1.69. The van der Waals surface area contributed by atoms with E-state index in [9.17, 15) is 26.4 Å². The van der Waals surface area contributed by atoms with Crippen molar-refractivity contribution < 1.29 is 26.4 Å². The molecule has 0 N–H and O–H groups in total. The van der Waals surface area contributed by atoms with Gasteiger partial charge in [-0.15, -0.1) is 0 Å². The molecule has 0 spiro atoms. The fourth-order valence-corrected chi connectivity index (χ4v) is 5.72. The second kappa shape index (κ2) is 9.63. The largest absolute Gasteiger partial charge is 0.416 e. The van der Waals surface area contributed by atoms with Crippen LogP contribution in [-0.4, -0.2) is 41.1 Å². The first-order valence-corrected chi connectivity index (χ1v) is 12.2. The quantitative estimate of drug-likeness (QED) is 0.488. The molecule has 2 heterocycles. The normalized spacial score (nSPS) is 17.1. The molecule has 0 radical (unpaired) electrons. The van der Waals surface area contributed by atoms with Crippen molar-refractivity contribution in [2.24, 2.45) is 0 Å². The number of ketones is 1. The molecule has 4 rings (SSSR count). The molecule has 2 aromatic carbocycles. The molecule has 1 aliphatic heterocycles. The van der Waals surface area contributed by atoms with Gasteiger partial charge < -0.3 is 0 Å². The Morgan fingerprint density at radius 2 is 1.74 bits per heavy atom. The minimum absolute atomic E-state index is 0.0922. The van der Waals surface area contributed by atoms with E-state index in [-0.39, 0.29) is 23.5 Å². The van der Waals surface area contributed by atoms with Gasteiger partial charge in [0.2, 0.25) is 10.0 Å². The lowest BCUT2D eigenvalue weighted by molar-refractivity contribution is -0.137. The highest BCUT2D eigenvalue weighted by Gasteiger charge is 2.38. The molecule has 178 valence electrons. The van der Waals surface area contributed by atoms with Crippen molar-refractivity contribution in [1.82, 2.24) is 14.3 Å². The molecule has 6 nitrogen and oxygen atoms in total. The Kier molecular flexibility index (Phi) is 6.81.